The lowest BCUT2D eigenvalue weighted by Gasteiger charge is -2.21. The molecule has 0 spiro atoms. The third kappa shape index (κ3) is 2.33. The second-order valence-electron chi connectivity index (χ2n) is 6.58. The molecule has 0 saturated heterocycles. The van der Waals surface area contributed by atoms with Gasteiger partial charge in [0.15, 0.2) is 0 Å². The third-order valence-corrected chi connectivity index (χ3v) is 5.03. The first-order chi connectivity index (χ1) is 11.6. The van der Waals surface area contributed by atoms with Crippen molar-refractivity contribution in [2.75, 3.05) is 5.73 Å². The zero-order valence-electron chi connectivity index (χ0n) is 13.7. The van der Waals surface area contributed by atoms with E-state index in [4.69, 9.17) is 5.73 Å². The maximum atomic E-state index is 12.8. The van der Waals surface area contributed by atoms with E-state index in [1.54, 1.807) is 0 Å². The molecule has 3 heteroatoms. The molecule has 24 heavy (non-hydrogen) atoms. The van der Waals surface area contributed by atoms with Crippen LogP contribution in [-0.4, -0.2) is 5.91 Å². The molecule has 120 valence electrons. The molecule has 3 nitrogen and oxygen atoms in total. The van der Waals surface area contributed by atoms with Gasteiger partial charge in [0, 0.05) is 11.3 Å². The highest BCUT2D eigenvalue weighted by Gasteiger charge is 2.46. The molecule has 0 atom stereocenters. The van der Waals surface area contributed by atoms with E-state index in [-0.39, 0.29) is 11.4 Å². The topological polar surface area (TPSA) is 55.1 Å². The summed E-state index contributed by atoms with van der Waals surface area (Å²) in [4.78, 5) is 12.8. The van der Waals surface area contributed by atoms with Gasteiger partial charge in [-0.3, -0.25) is 4.79 Å². The van der Waals surface area contributed by atoms with Crippen molar-refractivity contribution in [2.45, 2.75) is 25.3 Å². The monoisotopic (exact) mass is 316 g/mol. The van der Waals surface area contributed by atoms with Gasteiger partial charge in [-0.05, 0) is 53.8 Å². The Balaban J connectivity index is 1.71. The largest absolute Gasteiger partial charge is 0.398 e. The quantitative estimate of drug-likeness (QED) is 0.713. The van der Waals surface area contributed by atoms with Gasteiger partial charge in [0.05, 0.1) is 5.54 Å². The number of hydrogen-bond donors (Lipinski definition) is 2. The summed E-state index contributed by atoms with van der Waals surface area (Å²) in [6, 6.07) is 20.1. The van der Waals surface area contributed by atoms with Crippen molar-refractivity contribution >= 4 is 22.4 Å². The Labute approximate surface area is 141 Å². The molecule has 1 amide bonds. The number of amides is 1. The van der Waals surface area contributed by atoms with Crippen molar-refractivity contribution in [3.05, 3.63) is 77.4 Å². The molecule has 4 rings (SSSR count). The number of anilines is 1. The van der Waals surface area contributed by atoms with Gasteiger partial charge in [-0.2, -0.15) is 0 Å². The Morgan fingerprint density at radius 3 is 2.50 bits per heavy atom. The molecular formula is C21H20N2O. The zero-order valence-corrected chi connectivity index (χ0v) is 13.7. The molecule has 1 aliphatic carbocycles. The van der Waals surface area contributed by atoms with Gasteiger partial charge in [-0.1, -0.05) is 48.5 Å². The fourth-order valence-electron chi connectivity index (χ4n) is 3.41. The number of fused-ring (bicyclic) bond motifs is 1. The van der Waals surface area contributed by atoms with Gasteiger partial charge < -0.3 is 11.1 Å². The van der Waals surface area contributed by atoms with Crippen LogP contribution < -0.4 is 11.1 Å². The number of hydrogen-bond acceptors (Lipinski definition) is 2. The predicted molar refractivity (Wildman–Crippen MR) is 97.9 cm³/mol. The van der Waals surface area contributed by atoms with Crippen LogP contribution in [0, 0.1) is 6.92 Å². The number of nitrogens with two attached hydrogens (primary N) is 1. The number of nitrogens with one attached hydrogen (secondary N) is 1. The lowest BCUT2D eigenvalue weighted by molar-refractivity contribution is 0.0930. The third-order valence-electron chi connectivity index (χ3n) is 5.03. The summed E-state index contributed by atoms with van der Waals surface area (Å²) in [6.07, 6.45) is 1.93. The van der Waals surface area contributed by atoms with Crippen LogP contribution in [0.3, 0.4) is 0 Å². The summed E-state index contributed by atoms with van der Waals surface area (Å²) in [7, 11) is 0. The maximum Gasteiger partial charge on any atom is 0.252 e. The average molecular weight is 316 g/mol. The van der Waals surface area contributed by atoms with Crippen LogP contribution in [0.1, 0.15) is 34.3 Å². The second kappa shape index (κ2) is 5.38. The van der Waals surface area contributed by atoms with Crippen LogP contribution in [-0.2, 0) is 5.54 Å². The average Bonchev–Trinajstić information content (AvgIpc) is 3.37. The molecule has 0 aliphatic heterocycles. The minimum atomic E-state index is -0.255. The van der Waals surface area contributed by atoms with Crippen molar-refractivity contribution in [2.24, 2.45) is 0 Å². The minimum Gasteiger partial charge on any atom is -0.398 e. The first-order valence-electron chi connectivity index (χ1n) is 8.27. The molecule has 3 N–H and O–H groups in total. The molecule has 0 heterocycles. The highest BCUT2D eigenvalue weighted by atomic mass is 16.1. The SMILES string of the molecule is Cc1c(N)cccc1C(=O)NC1(c2cccc3ccccc23)CC1. The number of carbonyl (C=O) groups is 1. The van der Waals surface area contributed by atoms with E-state index < -0.39 is 0 Å². The summed E-state index contributed by atoms with van der Waals surface area (Å²) in [5, 5.41) is 5.68. The van der Waals surface area contributed by atoms with Gasteiger partial charge >= 0.3 is 0 Å². The Bertz CT molecular complexity index is 936. The van der Waals surface area contributed by atoms with Crippen molar-refractivity contribution in [1.82, 2.24) is 5.32 Å². The van der Waals surface area contributed by atoms with Gasteiger partial charge in [-0.25, -0.2) is 0 Å². The van der Waals surface area contributed by atoms with E-state index >= 15 is 0 Å². The van der Waals surface area contributed by atoms with Crippen LogP contribution in [0.15, 0.2) is 60.7 Å². The molecule has 1 aliphatic rings. The van der Waals surface area contributed by atoms with Crippen LogP contribution in [0.2, 0.25) is 0 Å². The first kappa shape index (κ1) is 14.8. The number of rotatable bonds is 3. The maximum absolute atomic E-state index is 12.8. The first-order valence-corrected chi connectivity index (χ1v) is 8.27. The molecule has 0 aromatic heterocycles. The van der Waals surface area contributed by atoms with Crippen LogP contribution in [0.4, 0.5) is 5.69 Å². The van der Waals surface area contributed by atoms with Crippen molar-refractivity contribution in [3.8, 4) is 0 Å². The van der Waals surface area contributed by atoms with Gasteiger partial charge in [0.1, 0.15) is 0 Å². The van der Waals surface area contributed by atoms with E-state index in [0.717, 1.165) is 18.4 Å². The van der Waals surface area contributed by atoms with E-state index in [1.807, 2.05) is 37.3 Å². The normalized spacial score (nSPS) is 15.2. The molecule has 1 saturated carbocycles. The number of benzene rings is 3. The van der Waals surface area contributed by atoms with E-state index in [1.165, 1.54) is 16.3 Å². The fraction of sp³-hybridized carbons (Fsp3) is 0.190. The Morgan fingerprint density at radius 2 is 1.71 bits per heavy atom. The van der Waals surface area contributed by atoms with Crippen LogP contribution in [0.25, 0.3) is 10.8 Å². The molecule has 3 aromatic rings. The molecule has 0 unspecified atom stereocenters. The predicted octanol–water partition coefficient (Wildman–Crippen LogP) is 4.15. The van der Waals surface area contributed by atoms with Gasteiger partial charge in [0.25, 0.3) is 5.91 Å². The Morgan fingerprint density at radius 1 is 1.00 bits per heavy atom. The molecule has 0 bridgehead atoms. The van der Waals surface area contributed by atoms with Crippen molar-refractivity contribution < 1.29 is 4.79 Å². The minimum absolute atomic E-state index is 0.0507. The fourth-order valence-corrected chi connectivity index (χ4v) is 3.41. The van der Waals surface area contributed by atoms with Gasteiger partial charge in [-0.15, -0.1) is 0 Å². The summed E-state index contributed by atoms with van der Waals surface area (Å²) in [5.74, 6) is -0.0507. The van der Waals surface area contributed by atoms with E-state index in [0.29, 0.717) is 11.3 Å². The van der Waals surface area contributed by atoms with Crippen LogP contribution >= 0.6 is 0 Å². The van der Waals surface area contributed by atoms with Crippen molar-refractivity contribution in [3.63, 3.8) is 0 Å². The summed E-state index contributed by atoms with van der Waals surface area (Å²) >= 11 is 0. The smallest absolute Gasteiger partial charge is 0.252 e. The summed E-state index contributed by atoms with van der Waals surface area (Å²) in [6.45, 7) is 1.89. The molecule has 0 radical (unpaired) electrons. The Kier molecular flexibility index (Phi) is 3.31. The standard InChI is InChI=1S/C21H20N2O/c1-14-16(9-5-11-19(14)22)20(24)23-21(12-13-21)18-10-4-7-15-6-2-3-8-17(15)18/h2-11H,12-13,22H2,1H3,(H,23,24). The van der Waals surface area contributed by atoms with Gasteiger partial charge in [0.2, 0.25) is 0 Å². The van der Waals surface area contributed by atoms with E-state index in [9.17, 15) is 4.79 Å². The molecule has 1 fully saturated rings. The summed E-state index contributed by atoms with van der Waals surface area (Å²) in [5.41, 5.74) is 9.03. The number of carbonyl (C=O) groups excluding carboxylic acids is 1. The number of nitrogen functional groups attached to an aromatic ring is 1. The Hall–Kier alpha value is -2.81. The van der Waals surface area contributed by atoms with E-state index in [2.05, 4.69) is 35.6 Å². The van der Waals surface area contributed by atoms with Crippen molar-refractivity contribution in [1.29, 1.82) is 0 Å². The highest BCUT2D eigenvalue weighted by molar-refractivity contribution is 5.98. The lowest BCUT2D eigenvalue weighted by atomic mass is 9.96. The molecular weight excluding hydrogens is 296 g/mol. The summed E-state index contributed by atoms with van der Waals surface area (Å²) < 4.78 is 0. The second-order valence-corrected chi connectivity index (χ2v) is 6.58. The van der Waals surface area contributed by atoms with Crippen LogP contribution in [0.5, 0.6) is 0 Å². The zero-order chi connectivity index (χ0) is 16.7. The molecule has 3 aromatic carbocycles. The lowest BCUT2D eigenvalue weighted by Crippen LogP contribution is -2.35. The highest BCUT2D eigenvalue weighted by Crippen LogP contribution is 2.48.